The molecule has 11 nitrogen and oxygen atoms in total. The van der Waals surface area contributed by atoms with E-state index in [0.717, 1.165) is 5.56 Å². The monoisotopic (exact) mass is 512 g/mol. The van der Waals surface area contributed by atoms with Crippen LogP contribution in [0.15, 0.2) is 43.0 Å². The summed E-state index contributed by atoms with van der Waals surface area (Å²) in [4.78, 5) is 35.1. The predicted octanol–water partition coefficient (Wildman–Crippen LogP) is 2.35. The second kappa shape index (κ2) is 11.0. The number of aromatic nitrogens is 5. The Morgan fingerprint density at radius 1 is 1.08 bits per heavy atom. The first kappa shape index (κ1) is 25.6. The zero-order chi connectivity index (χ0) is 25.6. The van der Waals surface area contributed by atoms with Gasteiger partial charge >= 0.3 is 0 Å². The number of carbonyl (C=O) groups is 1. The Balaban J connectivity index is 1.57. The molecule has 0 radical (unpaired) electrons. The Hall–Kier alpha value is -3.51. The van der Waals surface area contributed by atoms with Gasteiger partial charge in [-0.05, 0) is 38.0 Å². The summed E-state index contributed by atoms with van der Waals surface area (Å²) in [6.45, 7) is 4.68. The molecular formula is C24H28N6O5S. The zero-order valence-electron chi connectivity index (χ0n) is 20.2. The molecule has 1 amide bonds. The molecule has 1 aliphatic heterocycles. The highest BCUT2D eigenvalue weighted by atomic mass is 32.2. The maximum absolute atomic E-state index is 13.6. The van der Waals surface area contributed by atoms with Crippen LogP contribution in [0.1, 0.15) is 38.2 Å². The van der Waals surface area contributed by atoms with Gasteiger partial charge in [0.2, 0.25) is 11.8 Å². The molecule has 3 aromatic rings. The minimum Gasteiger partial charge on any atom is -0.477 e. The second-order valence-electron chi connectivity index (χ2n) is 8.29. The smallest absolute Gasteiger partial charge is 0.237 e. The zero-order valence-corrected chi connectivity index (χ0v) is 21.0. The average Bonchev–Trinajstić information content (AvgIpc) is 2.90. The molecule has 0 bridgehead atoms. The number of amides is 1. The summed E-state index contributed by atoms with van der Waals surface area (Å²) in [7, 11) is -3.32. The molecule has 0 spiro atoms. The number of hydrogen-bond donors (Lipinski definition) is 1. The molecule has 190 valence electrons. The van der Waals surface area contributed by atoms with Crippen LogP contribution in [-0.2, 0) is 30.5 Å². The second-order valence-corrected chi connectivity index (χ2v) is 10.6. The van der Waals surface area contributed by atoms with Gasteiger partial charge in [-0.1, -0.05) is 6.92 Å². The van der Waals surface area contributed by atoms with Crippen LogP contribution in [0.3, 0.4) is 0 Å². The highest BCUT2D eigenvalue weighted by molar-refractivity contribution is 7.90. The number of nitrogens with zero attached hydrogens (tertiary/aromatic N) is 5. The predicted molar refractivity (Wildman–Crippen MR) is 132 cm³/mol. The fourth-order valence-corrected chi connectivity index (χ4v) is 4.65. The minimum absolute atomic E-state index is 0.0107. The number of nitrogens with one attached hydrogen (secondary N) is 1. The highest BCUT2D eigenvalue weighted by Gasteiger charge is 2.43. The summed E-state index contributed by atoms with van der Waals surface area (Å²) in [5.74, 6) is 0.389. The first-order valence-electron chi connectivity index (χ1n) is 11.7. The molecule has 3 aromatic heterocycles. The van der Waals surface area contributed by atoms with E-state index in [2.05, 4.69) is 30.2 Å². The summed E-state index contributed by atoms with van der Waals surface area (Å²) >= 11 is 0. The van der Waals surface area contributed by atoms with Gasteiger partial charge in [-0.15, -0.1) is 0 Å². The van der Waals surface area contributed by atoms with Crippen molar-refractivity contribution in [2.45, 2.75) is 37.9 Å². The molecule has 0 saturated carbocycles. The number of sulfone groups is 1. The highest BCUT2D eigenvalue weighted by Crippen LogP contribution is 2.35. The Kier molecular flexibility index (Phi) is 7.85. The summed E-state index contributed by atoms with van der Waals surface area (Å²) in [6.07, 6.45) is 7.04. The van der Waals surface area contributed by atoms with Gasteiger partial charge in [0.25, 0.3) is 0 Å². The third-order valence-corrected chi connectivity index (χ3v) is 7.55. The van der Waals surface area contributed by atoms with Gasteiger partial charge in [0, 0.05) is 36.9 Å². The van der Waals surface area contributed by atoms with Crippen LogP contribution in [0, 0.1) is 0 Å². The van der Waals surface area contributed by atoms with Gasteiger partial charge in [-0.3, -0.25) is 9.78 Å². The van der Waals surface area contributed by atoms with E-state index in [1.165, 1.54) is 6.20 Å². The largest absolute Gasteiger partial charge is 0.477 e. The van der Waals surface area contributed by atoms with Crippen molar-refractivity contribution in [3.63, 3.8) is 0 Å². The Labute approximate surface area is 209 Å². The quantitative estimate of drug-likeness (QED) is 0.453. The van der Waals surface area contributed by atoms with Gasteiger partial charge in [0.15, 0.2) is 9.84 Å². The molecule has 4 heterocycles. The molecule has 0 aromatic carbocycles. The first-order chi connectivity index (χ1) is 17.3. The molecule has 4 rings (SSSR count). The normalized spacial score (nSPS) is 15.3. The van der Waals surface area contributed by atoms with Gasteiger partial charge in [-0.2, -0.15) is 0 Å². The van der Waals surface area contributed by atoms with Crippen LogP contribution < -0.4 is 10.1 Å². The maximum atomic E-state index is 13.6. The van der Waals surface area contributed by atoms with Crippen molar-refractivity contribution in [1.29, 1.82) is 0 Å². The van der Waals surface area contributed by atoms with Crippen LogP contribution in [0.4, 0.5) is 5.82 Å². The first-order valence-corrected chi connectivity index (χ1v) is 13.5. The fraction of sp³-hybridized carbons (Fsp3) is 0.417. The van der Waals surface area contributed by atoms with Crippen LogP contribution in [-0.4, -0.2) is 64.8 Å². The van der Waals surface area contributed by atoms with Crippen molar-refractivity contribution in [3.8, 4) is 17.1 Å². The van der Waals surface area contributed by atoms with E-state index in [4.69, 9.17) is 9.47 Å². The summed E-state index contributed by atoms with van der Waals surface area (Å²) in [5, 5.41) is 2.90. The topological polar surface area (TPSA) is 146 Å². The Bertz CT molecular complexity index is 1310. The maximum Gasteiger partial charge on any atom is 0.237 e. The van der Waals surface area contributed by atoms with Crippen LogP contribution in [0.2, 0.25) is 0 Å². The van der Waals surface area contributed by atoms with Crippen molar-refractivity contribution >= 4 is 21.6 Å². The average molecular weight is 513 g/mol. The molecule has 1 fully saturated rings. The lowest BCUT2D eigenvalue weighted by Gasteiger charge is -2.35. The van der Waals surface area contributed by atoms with Gasteiger partial charge < -0.3 is 14.8 Å². The van der Waals surface area contributed by atoms with E-state index in [1.807, 2.05) is 6.92 Å². The number of pyridine rings is 1. The summed E-state index contributed by atoms with van der Waals surface area (Å²) in [6, 6.07) is 5.14. The standard InChI is InChI=1S/C24H28N6O5S/c1-3-35-22-15-25-14-18(28-22)17-5-6-20(27-13-17)30-23(31)24(8-11-34-12-9-24)19-7-10-26-21(29-19)16-36(32,33)4-2/h5-7,10,13-15H,3-4,8-9,11-12,16H2,1-2H3,(H,27,30,31). The molecular weight excluding hydrogens is 484 g/mol. The van der Waals surface area contributed by atoms with Gasteiger partial charge in [0.1, 0.15) is 17.4 Å². The van der Waals surface area contributed by atoms with E-state index in [0.29, 0.717) is 55.7 Å². The number of ether oxygens (including phenoxy) is 2. The molecule has 1 saturated heterocycles. The molecule has 0 unspecified atom stereocenters. The van der Waals surface area contributed by atoms with E-state index in [1.54, 1.807) is 43.7 Å². The van der Waals surface area contributed by atoms with E-state index >= 15 is 0 Å². The molecule has 0 atom stereocenters. The van der Waals surface area contributed by atoms with E-state index in [9.17, 15) is 13.2 Å². The van der Waals surface area contributed by atoms with Crippen molar-refractivity contribution in [2.75, 3.05) is 30.9 Å². The molecule has 1 aliphatic rings. The van der Waals surface area contributed by atoms with Crippen molar-refractivity contribution in [1.82, 2.24) is 24.9 Å². The van der Waals surface area contributed by atoms with Crippen LogP contribution >= 0.6 is 0 Å². The summed E-state index contributed by atoms with van der Waals surface area (Å²) < 4.78 is 35.1. The van der Waals surface area contributed by atoms with Crippen molar-refractivity contribution in [2.24, 2.45) is 0 Å². The molecule has 36 heavy (non-hydrogen) atoms. The minimum atomic E-state index is -3.32. The third-order valence-electron chi connectivity index (χ3n) is 5.97. The van der Waals surface area contributed by atoms with Gasteiger partial charge in [-0.25, -0.2) is 28.4 Å². The van der Waals surface area contributed by atoms with E-state index in [-0.39, 0.29) is 23.2 Å². The number of hydrogen-bond acceptors (Lipinski definition) is 10. The number of rotatable bonds is 9. The number of carbonyl (C=O) groups excluding carboxylic acids is 1. The molecule has 12 heteroatoms. The Morgan fingerprint density at radius 3 is 2.58 bits per heavy atom. The van der Waals surface area contributed by atoms with Crippen molar-refractivity contribution in [3.05, 3.63) is 54.5 Å². The summed E-state index contributed by atoms with van der Waals surface area (Å²) in [5.41, 5.74) is 0.797. The molecule has 1 N–H and O–H groups in total. The van der Waals surface area contributed by atoms with Crippen LogP contribution in [0.25, 0.3) is 11.3 Å². The Morgan fingerprint density at radius 2 is 1.89 bits per heavy atom. The SMILES string of the molecule is CCOc1cncc(-c2ccc(NC(=O)C3(c4ccnc(CS(=O)(=O)CC)n4)CCOCC3)nc2)n1. The lowest BCUT2D eigenvalue weighted by Crippen LogP contribution is -2.45. The molecule has 0 aliphatic carbocycles. The van der Waals surface area contributed by atoms with Crippen molar-refractivity contribution < 1.29 is 22.7 Å². The third kappa shape index (κ3) is 5.82. The fourth-order valence-electron chi connectivity index (χ4n) is 3.91. The lowest BCUT2D eigenvalue weighted by atomic mass is 9.76. The van der Waals surface area contributed by atoms with Crippen LogP contribution in [0.5, 0.6) is 5.88 Å². The van der Waals surface area contributed by atoms with Gasteiger partial charge in [0.05, 0.1) is 35.8 Å². The lowest BCUT2D eigenvalue weighted by molar-refractivity contribution is -0.125. The van der Waals surface area contributed by atoms with E-state index < -0.39 is 15.3 Å². The number of anilines is 1.